The van der Waals surface area contributed by atoms with Crippen LogP contribution in [0.3, 0.4) is 0 Å². The number of hydrogen-bond donors (Lipinski definition) is 1. The zero-order valence-corrected chi connectivity index (χ0v) is 15.3. The smallest absolute Gasteiger partial charge is 0.0843 e. The van der Waals surface area contributed by atoms with Gasteiger partial charge in [0.15, 0.2) is 0 Å². The van der Waals surface area contributed by atoms with Crippen LogP contribution in [0.5, 0.6) is 0 Å². The summed E-state index contributed by atoms with van der Waals surface area (Å²) in [6.07, 6.45) is 7.32. The van der Waals surface area contributed by atoms with Gasteiger partial charge in [0.05, 0.1) is 3.79 Å². The van der Waals surface area contributed by atoms with Crippen LogP contribution in [-0.2, 0) is 0 Å². The standard InChI is InChI=1S/C15H21Br2NS/c1-2-18-13(14-8-12(16)15(17)19-14)7-11-6-9-3-4-10(11)5-9/h8-11,13,18H,2-7H2,1H3. The van der Waals surface area contributed by atoms with Gasteiger partial charge in [-0.2, -0.15) is 0 Å². The van der Waals surface area contributed by atoms with Crippen molar-refractivity contribution in [1.82, 2.24) is 5.32 Å². The van der Waals surface area contributed by atoms with Crippen LogP contribution in [0.25, 0.3) is 0 Å². The van der Waals surface area contributed by atoms with Gasteiger partial charge in [-0.15, -0.1) is 11.3 Å². The van der Waals surface area contributed by atoms with Gasteiger partial charge >= 0.3 is 0 Å². The molecule has 0 aromatic carbocycles. The maximum atomic E-state index is 3.69. The molecule has 1 heterocycles. The van der Waals surface area contributed by atoms with Crippen molar-refractivity contribution in [3.63, 3.8) is 0 Å². The Balaban J connectivity index is 1.70. The van der Waals surface area contributed by atoms with E-state index in [1.165, 1.54) is 45.2 Å². The highest BCUT2D eigenvalue weighted by molar-refractivity contribution is 9.13. The van der Waals surface area contributed by atoms with Crippen LogP contribution in [0.2, 0.25) is 0 Å². The van der Waals surface area contributed by atoms with Gasteiger partial charge < -0.3 is 5.32 Å². The maximum Gasteiger partial charge on any atom is 0.0843 e. The Hall–Kier alpha value is 0.620. The molecule has 1 aromatic heterocycles. The molecule has 0 amide bonds. The summed E-state index contributed by atoms with van der Waals surface area (Å²) < 4.78 is 2.42. The van der Waals surface area contributed by atoms with Gasteiger partial charge in [-0.25, -0.2) is 0 Å². The first kappa shape index (κ1) is 14.6. The third-order valence-corrected chi connectivity index (χ3v) is 8.25. The summed E-state index contributed by atoms with van der Waals surface area (Å²) in [5.74, 6) is 3.04. The second-order valence-electron chi connectivity index (χ2n) is 6.05. The van der Waals surface area contributed by atoms with Gasteiger partial charge in [0.2, 0.25) is 0 Å². The number of fused-ring (bicyclic) bond motifs is 2. The van der Waals surface area contributed by atoms with E-state index in [1.807, 2.05) is 11.3 Å². The zero-order valence-electron chi connectivity index (χ0n) is 11.3. The summed E-state index contributed by atoms with van der Waals surface area (Å²) in [6, 6.07) is 2.83. The predicted octanol–water partition coefficient (Wildman–Crippen LogP) is 5.75. The molecule has 0 saturated heterocycles. The predicted molar refractivity (Wildman–Crippen MR) is 89.7 cm³/mol. The van der Waals surface area contributed by atoms with Crippen LogP contribution in [-0.4, -0.2) is 6.54 Å². The van der Waals surface area contributed by atoms with E-state index in [0.29, 0.717) is 6.04 Å². The molecule has 0 aliphatic heterocycles. The SMILES string of the molecule is CCNC(CC1CC2CCC1C2)c1cc(Br)c(Br)s1. The van der Waals surface area contributed by atoms with E-state index in [4.69, 9.17) is 0 Å². The molecule has 3 rings (SSSR count). The summed E-state index contributed by atoms with van der Waals surface area (Å²) in [4.78, 5) is 1.48. The van der Waals surface area contributed by atoms with E-state index in [1.54, 1.807) is 0 Å². The van der Waals surface area contributed by atoms with Crippen LogP contribution >= 0.6 is 43.2 Å². The van der Waals surface area contributed by atoms with Crippen LogP contribution in [0, 0.1) is 17.8 Å². The van der Waals surface area contributed by atoms with E-state index in [-0.39, 0.29) is 0 Å². The summed E-state index contributed by atoms with van der Waals surface area (Å²) in [7, 11) is 0. The van der Waals surface area contributed by atoms with Crippen molar-refractivity contribution in [3.05, 3.63) is 19.2 Å². The summed E-state index contributed by atoms with van der Waals surface area (Å²) in [6.45, 7) is 3.27. The molecule has 2 aliphatic carbocycles. The molecule has 1 nitrogen and oxygen atoms in total. The minimum Gasteiger partial charge on any atom is -0.310 e. The van der Waals surface area contributed by atoms with Crippen molar-refractivity contribution in [1.29, 1.82) is 0 Å². The van der Waals surface area contributed by atoms with E-state index in [0.717, 1.165) is 24.3 Å². The first-order valence-corrected chi connectivity index (χ1v) is 9.75. The van der Waals surface area contributed by atoms with Gasteiger partial charge in [0.1, 0.15) is 0 Å². The molecule has 2 saturated carbocycles. The quantitative estimate of drug-likeness (QED) is 0.656. The molecule has 4 unspecified atom stereocenters. The summed E-state index contributed by atoms with van der Waals surface area (Å²) >= 11 is 9.11. The number of halogens is 2. The first-order chi connectivity index (χ1) is 9.17. The molecule has 2 bridgehead atoms. The van der Waals surface area contributed by atoms with Gasteiger partial charge in [0.25, 0.3) is 0 Å². The minimum absolute atomic E-state index is 0.543. The Bertz CT molecular complexity index is 426. The average molecular weight is 407 g/mol. The molecule has 2 aliphatic rings. The lowest BCUT2D eigenvalue weighted by atomic mass is 9.84. The monoisotopic (exact) mass is 405 g/mol. The number of thiophene rings is 1. The fraction of sp³-hybridized carbons (Fsp3) is 0.733. The Morgan fingerprint density at radius 1 is 1.37 bits per heavy atom. The molecular formula is C15H21Br2NS. The van der Waals surface area contributed by atoms with Crippen molar-refractivity contribution in [2.24, 2.45) is 17.8 Å². The highest BCUT2D eigenvalue weighted by Crippen LogP contribution is 2.51. The van der Waals surface area contributed by atoms with Crippen molar-refractivity contribution >= 4 is 43.2 Å². The van der Waals surface area contributed by atoms with Crippen molar-refractivity contribution < 1.29 is 0 Å². The van der Waals surface area contributed by atoms with Gasteiger partial charge in [-0.3, -0.25) is 0 Å². The normalized spacial score (nSPS) is 31.0. The Labute approximate surface area is 136 Å². The highest BCUT2D eigenvalue weighted by atomic mass is 79.9. The molecule has 2 fully saturated rings. The molecular weight excluding hydrogens is 386 g/mol. The molecule has 19 heavy (non-hydrogen) atoms. The van der Waals surface area contributed by atoms with Crippen LogP contribution < -0.4 is 5.32 Å². The van der Waals surface area contributed by atoms with Crippen molar-refractivity contribution in [3.8, 4) is 0 Å². The zero-order chi connectivity index (χ0) is 13.4. The largest absolute Gasteiger partial charge is 0.310 e. The third-order valence-electron chi connectivity index (χ3n) is 4.88. The molecule has 0 radical (unpaired) electrons. The number of nitrogens with one attached hydrogen (secondary N) is 1. The van der Waals surface area contributed by atoms with Gasteiger partial charge in [-0.05, 0) is 87.9 Å². The Kier molecular flexibility index (Phi) is 4.72. The summed E-state index contributed by atoms with van der Waals surface area (Å²) in [5, 5.41) is 3.69. The van der Waals surface area contributed by atoms with Crippen molar-refractivity contribution in [2.45, 2.75) is 45.1 Å². The molecule has 4 atom stereocenters. The minimum atomic E-state index is 0.543. The molecule has 1 N–H and O–H groups in total. The van der Waals surface area contributed by atoms with Crippen LogP contribution in [0.1, 0.15) is 49.9 Å². The highest BCUT2D eigenvalue weighted by Gasteiger charge is 2.40. The third kappa shape index (κ3) is 3.12. The average Bonchev–Trinajstić information content (AvgIpc) is 3.06. The lowest BCUT2D eigenvalue weighted by Crippen LogP contribution is -2.24. The van der Waals surface area contributed by atoms with E-state index < -0.39 is 0 Å². The number of rotatable bonds is 5. The van der Waals surface area contributed by atoms with Crippen LogP contribution in [0.4, 0.5) is 0 Å². The molecule has 106 valence electrons. The van der Waals surface area contributed by atoms with Gasteiger partial charge in [0, 0.05) is 15.4 Å². The van der Waals surface area contributed by atoms with Gasteiger partial charge in [-0.1, -0.05) is 13.3 Å². The lowest BCUT2D eigenvalue weighted by molar-refractivity contribution is 0.282. The first-order valence-electron chi connectivity index (χ1n) is 7.35. The number of hydrogen-bond acceptors (Lipinski definition) is 2. The van der Waals surface area contributed by atoms with E-state index >= 15 is 0 Å². The fourth-order valence-corrected chi connectivity index (χ4v) is 6.23. The van der Waals surface area contributed by atoms with E-state index in [2.05, 4.69) is 50.2 Å². The molecule has 1 aromatic rings. The second kappa shape index (κ2) is 6.17. The maximum absolute atomic E-state index is 3.69. The topological polar surface area (TPSA) is 12.0 Å². The Morgan fingerprint density at radius 3 is 2.74 bits per heavy atom. The second-order valence-corrected chi connectivity index (χ2v) is 9.31. The molecule has 0 spiro atoms. The fourth-order valence-electron chi connectivity index (χ4n) is 4.05. The van der Waals surface area contributed by atoms with E-state index in [9.17, 15) is 0 Å². The van der Waals surface area contributed by atoms with Crippen LogP contribution in [0.15, 0.2) is 14.3 Å². The summed E-state index contributed by atoms with van der Waals surface area (Å²) in [5.41, 5.74) is 0. The Morgan fingerprint density at radius 2 is 2.21 bits per heavy atom. The lowest BCUT2D eigenvalue weighted by Gasteiger charge is -2.26. The van der Waals surface area contributed by atoms with Crippen molar-refractivity contribution in [2.75, 3.05) is 6.54 Å². The molecule has 4 heteroatoms.